The monoisotopic (exact) mass is 400 g/mol. The number of carbonyl (C=O) groups is 2. The molecule has 6 nitrogen and oxygen atoms in total. The van der Waals surface area contributed by atoms with Crippen LogP contribution in [0.3, 0.4) is 0 Å². The summed E-state index contributed by atoms with van der Waals surface area (Å²) in [6, 6.07) is 2.37. The molecule has 0 aromatic carbocycles. The molecule has 0 unspecified atom stereocenters. The fourth-order valence-corrected chi connectivity index (χ4v) is 2.96. The van der Waals surface area contributed by atoms with E-state index in [4.69, 9.17) is 0 Å². The first-order chi connectivity index (χ1) is 13.1. The number of nitrogens with one attached hydrogen (secondary N) is 2. The average Bonchev–Trinajstić information content (AvgIpc) is 2.65. The maximum absolute atomic E-state index is 12.6. The Morgan fingerprint density at radius 3 is 2.43 bits per heavy atom. The molecule has 1 aliphatic heterocycles. The van der Waals surface area contributed by atoms with E-state index in [0.717, 1.165) is 18.7 Å². The van der Waals surface area contributed by atoms with Gasteiger partial charge in [-0.25, -0.2) is 4.98 Å². The van der Waals surface area contributed by atoms with Gasteiger partial charge < -0.3 is 15.5 Å². The third-order valence-corrected chi connectivity index (χ3v) is 4.65. The second kappa shape index (κ2) is 9.75. The van der Waals surface area contributed by atoms with E-state index >= 15 is 0 Å². The largest absolute Gasteiger partial charge is 0.417 e. The number of piperidine rings is 1. The molecular weight excluding hydrogens is 373 g/mol. The molecule has 2 rings (SSSR count). The minimum atomic E-state index is -4.40. The van der Waals surface area contributed by atoms with Crippen molar-refractivity contribution in [3.63, 3.8) is 0 Å². The summed E-state index contributed by atoms with van der Waals surface area (Å²) >= 11 is 0. The Kier molecular flexibility index (Phi) is 7.65. The second-order valence-electron chi connectivity index (χ2n) is 7.44. The van der Waals surface area contributed by atoms with Crippen LogP contribution in [0.15, 0.2) is 18.3 Å². The van der Waals surface area contributed by atoms with Crippen LogP contribution >= 0.6 is 0 Å². The normalized spacial score (nSPS) is 15.6. The van der Waals surface area contributed by atoms with E-state index in [1.165, 1.54) is 6.07 Å². The van der Waals surface area contributed by atoms with Gasteiger partial charge in [0.15, 0.2) is 0 Å². The number of nitrogens with zero attached hydrogens (tertiary/aromatic N) is 2. The highest BCUT2D eigenvalue weighted by Crippen LogP contribution is 2.29. The number of aromatic nitrogens is 1. The van der Waals surface area contributed by atoms with Crippen molar-refractivity contribution in [3.05, 3.63) is 23.9 Å². The molecule has 1 saturated heterocycles. The zero-order valence-corrected chi connectivity index (χ0v) is 16.2. The third-order valence-electron chi connectivity index (χ3n) is 4.65. The standard InChI is InChI=1S/C19H27F3N4O2/c1-13(2)3-6-17(27)24-12-18(28)25-15-7-9-26(10-8-15)16-5-4-14(11-23-16)19(20,21)22/h4-5,11,13,15H,3,6-10,12H2,1-2H3,(H,24,27)(H,25,28). The molecule has 9 heteroatoms. The molecule has 2 N–H and O–H groups in total. The summed E-state index contributed by atoms with van der Waals surface area (Å²) in [5.74, 6) is 0.565. The highest BCUT2D eigenvalue weighted by Gasteiger charge is 2.31. The first-order valence-corrected chi connectivity index (χ1v) is 9.49. The van der Waals surface area contributed by atoms with Gasteiger partial charge in [-0.15, -0.1) is 0 Å². The van der Waals surface area contributed by atoms with E-state index in [0.29, 0.717) is 44.1 Å². The lowest BCUT2D eigenvalue weighted by atomic mass is 10.0. The average molecular weight is 400 g/mol. The van der Waals surface area contributed by atoms with Gasteiger partial charge in [-0.3, -0.25) is 9.59 Å². The summed E-state index contributed by atoms with van der Waals surface area (Å²) < 4.78 is 37.8. The van der Waals surface area contributed by atoms with Gasteiger partial charge in [0.2, 0.25) is 11.8 Å². The van der Waals surface area contributed by atoms with Crippen LogP contribution in [0.4, 0.5) is 19.0 Å². The molecule has 1 aromatic rings. The van der Waals surface area contributed by atoms with Crippen LogP contribution in [0.1, 0.15) is 45.1 Å². The molecule has 0 bridgehead atoms. The second-order valence-corrected chi connectivity index (χ2v) is 7.44. The van der Waals surface area contributed by atoms with Crippen LogP contribution in [-0.2, 0) is 15.8 Å². The van der Waals surface area contributed by atoms with Crippen LogP contribution in [0.5, 0.6) is 0 Å². The van der Waals surface area contributed by atoms with Crippen LogP contribution in [0.25, 0.3) is 0 Å². The molecule has 1 fully saturated rings. The van der Waals surface area contributed by atoms with Gasteiger partial charge in [0, 0.05) is 31.7 Å². The fraction of sp³-hybridized carbons (Fsp3) is 0.632. The van der Waals surface area contributed by atoms with Crippen molar-refractivity contribution in [2.75, 3.05) is 24.5 Å². The third kappa shape index (κ3) is 7.01. The summed E-state index contributed by atoms with van der Waals surface area (Å²) in [7, 11) is 0. The Morgan fingerprint density at radius 2 is 1.89 bits per heavy atom. The lowest BCUT2D eigenvalue weighted by molar-refractivity contribution is -0.137. The molecule has 1 aromatic heterocycles. The maximum atomic E-state index is 12.6. The molecular formula is C19H27F3N4O2. The van der Waals surface area contributed by atoms with Crippen LogP contribution in [0, 0.1) is 5.92 Å². The molecule has 0 saturated carbocycles. The van der Waals surface area contributed by atoms with Crippen molar-refractivity contribution in [2.24, 2.45) is 5.92 Å². The number of hydrogen-bond acceptors (Lipinski definition) is 4. The van der Waals surface area contributed by atoms with E-state index in [1.807, 2.05) is 18.7 Å². The van der Waals surface area contributed by atoms with E-state index in [-0.39, 0.29) is 24.4 Å². The van der Waals surface area contributed by atoms with Crippen molar-refractivity contribution >= 4 is 17.6 Å². The zero-order valence-electron chi connectivity index (χ0n) is 16.2. The Hall–Kier alpha value is -2.32. The zero-order chi connectivity index (χ0) is 20.7. The molecule has 0 atom stereocenters. The molecule has 0 radical (unpaired) electrons. The summed E-state index contributed by atoms with van der Waals surface area (Å²) in [6.45, 7) is 5.20. The summed E-state index contributed by atoms with van der Waals surface area (Å²) in [5.41, 5.74) is -0.770. The van der Waals surface area contributed by atoms with Gasteiger partial charge in [-0.2, -0.15) is 13.2 Å². The quantitative estimate of drug-likeness (QED) is 0.738. The first kappa shape index (κ1) is 22.0. The molecule has 0 aliphatic carbocycles. The SMILES string of the molecule is CC(C)CCC(=O)NCC(=O)NC1CCN(c2ccc(C(F)(F)F)cn2)CC1. The molecule has 28 heavy (non-hydrogen) atoms. The van der Waals surface area contributed by atoms with E-state index in [9.17, 15) is 22.8 Å². The minimum absolute atomic E-state index is 0.0224. The predicted octanol–water partition coefficient (Wildman–Crippen LogP) is 2.74. The Morgan fingerprint density at radius 1 is 1.21 bits per heavy atom. The van der Waals surface area contributed by atoms with Gasteiger partial charge in [0.1, 0.15) is 5.82 Å². The molecule has 2 amide bonds. The van der Waals surface area contributed by atoms with Crippen LogP contribution in [0.2, 0.25) is 0 Å². The van der Waals surface area contributed by atoms with Crippen molar-refractivity contribution in [1.82, 2.24) is 15.6 Å². The Labute approximate surface area is 162 Å². The Bertz CT molecular complexity index is 654. The fourth-order valence-electron chi connectivity index (χ4n) is 2.96. The maximum Gasteiger partial charge on any atom is 0.417 e. The van der Waals surface area contributed by atoms with Gasteiger partial charge in [-0.05, 0) is 37.3 Å². The molecule has 0 spiro atoms. The number of carbonyl (C=O) groups excluding carboxylic acids is 2. The number of amides is 2. The van der Waals surface area contributed by atoms with Gasteiger partial charge in [0.05, 0.1) is 12.1 Å². The van der Waals surface area contributed by atoms with Crippen molar-refractivity contribution in [3.8, 4) is 0 Å². The molecule has 2 heterocycles. The number of hydrogen-bond donors (Lipinski definition) is 2. The summed E-state index contributed by atoms with van der Waals surface area (Å²) in [5, 5.41) is 5.51. The minimum Gasteiger partial charge on any atom is -0.356 e. The Balaban J connectivity index is 1.72. The molecule has 156 valence electrons. The lowest BCUT2D eigenvalue weighted by Crippen LogP contribution is -2.47. The van der Waals surface area contributed by atoms with Gasteiger partial charge in [0.25, 0.3) is 0 Å². The molecule has 1 aliphatic rings. The smallest absolute Gasteiger partial charge is 0.356 e. The van der Waals surface area contributed by atoms with Crippen molar-refractivity contribution in [1.29, 1.82) is 0 Å². The van der Waals surface area contributed by atoms with Crippen molar-refractivity contribution in [2.45, 2.75) is 51.7 Å². The van der Waals surface area contributed by atoms with E-state index in [1.54, 1.807) is 0 Å². The number of halogens is 3. The highest BCUT2D eigenvalue weighted by molar-refractivity contribution is 5.84. The van der Waals surface area contributed by atoms with Crippen LogP contribution in [-0.4, -0.2) is 42.5 Å². The summed E-state index contributed by atoms with van der Waals surface area (Å²) in [4.78, 5) is 29.4. The first-order valence-electron chi connectivity index (χ1n) is 9.49. The van der Waals surface area contributed by atoms with Gasteiger partial charge in [-0.1, -0.05) is 13.8 Å². The topological polar surface area (TPSA) is 74.3 Å². The van der Waals surface area contributed by atoms with Gasteiger partial charge >= 0.3 is 6.18 Å². The predicted molar refractivity (Wildman–Crippen MR) is 99.7 cm³/mol. The van der Waals surface area contributed by atoms with E-state index < -0.39 is 11.7 Å². The number of anilines is 1. The van der Waals surface area contributed by atoms with Crippen molar-refractivity contribution < 1.29 is 22.8 Å². The highest BCUT2D eigenvalue weighted by atomic mass is 19.4. The lowest BCUT2D eigenvalue weighted by Gasteiger charge is -2.33. The number of pyridine rings is 1. The van der Waals surface area contributed by atoms with E-state index in [2.05, 4.69) is 15.6 Å². The number of alkyl halides is 3. The summed E-state index contributed by atoms with van der Waals surface area (Å²) in [6.07, 6.45) is -1.04. The van der Waals surface area contributed by atoms with Crippen LogP contribution < -0.4 is 15.5 Å². The number of rotatable bonds is 7.